The van der Waals surface area contributed by atoms with E-state index in [0.717, 1.165) is 11.4 Å². The third kappa shape index (κ3) is 2.39. The van der Waals surface area contributed by atoms with Crippen LogP contribution in [0.2, 0.25) is 0 Å². The lowest BCUT2D eigenvalue weighted by Gasteiger charge is -2.02. The molecule has 0 N–H and O–H groups in total. The predicted molar refractivity (Wildman–Crippen MR) is 66.2 cm³/mol. The first-order valence-corrected chi connectivity index (χ1v) is 6.10. The molecule has 0 unspecified atom stereocenters. The number of pyridine rings is 1. The van der Waals surface area contributed by atoms with Crippen LogP contribution in [0.1, 0.15) is 5.69 Å². The number of thioether (sulfide) groups is 1. The molecule has 0 amide bonds. The highest BCUT2D eigenvalue weighted by Gasteiger charge is 1.98. The van der Waals surface area contributed by atoms with E-state index in [1.807, 2.05) is 25.1 Å². The van der Waals surface area contributed by atoms with E-state index in [1.165, 1.54) is 10.5 Å². The maximum absolute atomic E-state index is 4.49. The summed E-state index contributed by atoms with van der Waals surface area (Å²) in [4.78, 5) is 5.78. The zero-order valence-corrected chi connectivity index (χ0v) is 9.71. The van der Waals surface area contributed by atoms with Crippen molar-refractivity contribution in [2.45, 2.75) is 11.8 Å². The summed E-state index contributed by atoms with van der Waals surface area (Å²) in [5, 5.41) is 0. The standard InChI is InChI=1S/C13H13NS/c1-10-4-3-5-13(14-10)11-6-8-12(15-2)9-7-11/h3-9H,1-2H3. The minimum Gasteiger partial charge on any atom is -0.253 e. The van der Waals surface area contributed by atoms with Gasteiger partial charge in [0.2, 0.25) is 0 Å². The van der Waals surface area contributed by atoms with Crippen molar-refractivity contribution in [3.8, 4) is 11.3 Å². The monoisotopic (exact) mass is 215 g/mol. The van der Waals surface area contributed by atoms with Gasteiger partial charge in [0.15, 0.2) is 0 Å². The minimum absolute atomic E-state index is 1.04. The van der Waals surface area contributed by atoms with Crippen molar-refractivity contribution >= 4 is 11.8 Å². The van der Waals surface area contributed by atoms with Crippen LogP contribution in [0, 0.1) is 6.92 Å². The number of nitrogens with zero attached hydrogens (tertiary/aromatic N) is 1. The Kier molecular flexibility index (Phi) is 3.07. The van der Waals surface area contributed by atoms with Gasteiger partial charge in [-0.15, -0.1) is 11.8 Å². The fraction of sp³-hybridized carbons (Fsp3) is 0.154. The van der Waals surface area contributed by atoms with Crippen molar-refractivity contribution in [1.82, 2.24) is 4.98 Å². The van der Waals surface area contributed by atoms with Crippen LogP contribution in [0.5, 0.6) is 0 Å². The molecule has 0 aliphatic heterocycles. The topological polar surface area (TPSA) is 12.9 Å². The SMILES string of the molecule is CSc1ccc(-c2cccc(C)n2)cc1. The average Bonchev–Trinajstić information content (AvgIpc) is 2.29. The third-order valence-corrected chi connectivity index (χ3v) is 3.02. The van der Waals surface area contributed by atoms with E-state index in [2.05, 4.69) is 35.5 Å². The second-order valence-electron chi connectivity index (χ2n) is 3.39. The smallest absolute Gasteiger partial charge is 0.0705 e. The van der Waals surface area contributed by atoms with Crippen LogP contribution in [0.15, 0.2) is 47.4 Å². The number of hydrogen-bond acceptors (Lipinski definition) is 2. The van der Waals surface area contributed by atoms with Crippen LogP contribution in [0.25, 0.3) is 11.3 Å². The van der Waals surface area contributed by atoms with E-state index in [0.29, 0.717) is 0 Å². The Morgan fingerprint density at radius 3 is 2.33 bits per heavy atom. The van der Waals surface area contributed by atoms with Gasteiger partial charge in [-0.1, -0.05) is 18.2 Å². The van der Waals surface area contributed by atoms with Crippen LogP contribution in [-0.2, 0) is 0 Å². The fourth-order valence-corrected chi connectivity index (χ4v) is 1.87. The molecule has 0 aliphatic rings. The molecule has 0 spiro atoms. The summed E-state index contributed by atoms with van der Waals surface area (Å²) in [5.41, 5.74) is 3.28. The molecule has 2 heteroatoms. The number of benzene rings is 1. The van der Waals surface area contributed by atoms with Gasteiger partial charge in [0, 0.05) is 16.2 Å². The Hall–Kier alpha value is -1.28. The van der Waals surface area contributed by atoms with E-state index in [9.17, 15) is 0 Å². The minimum atomic E-state index is 1.04. The maximum atomic E-state index is 4.49. The lowest BCUT2D eigenvalue weighted by Crippen LogP contribution is -1.85. The summed E-state index contributed by atoms with van der Waals surface area (Å²) in [6.07, 6.45) is 2.08. The molecule has 0 saturated carbocycles. The number of hydrogen-bond donors (Lipinski definition) is 0. The first-order valence-electron chi connectivity index (χ1n) is 4.87. The molecule has 2 rings (SSSR count). The molecule has 0 fully saturated rings. The third-order valence-electron chi connectivity index (χ3n) is 2.27. The van der Waals surface area contributed by atoms with Crippen molar-refractivity contribution in [2.75, 3.05) is 6.26 Å². The molecule has 15 heavy (non-hydrogen) atoms. The zero-order chi connectivity index (χ0) is 10.7. The number of aromatic nitrogens is 1. The quantitative estimate of drug-likeness (QED) is 0.707. The molecule has 0 saturated heterocycles. The molecule has 0 atom stereocenters. The molecule has 0 aliphatic carbocycles. The number of rotatable bonds is 2. The molecule has 76 valence electrons. The van der Waals surface area contributed by atoms with Crippen LogP contribution < -0.4 is 0 Å². The van der Waals surface area contributed by atoms with Crippen molar-refractivity contribution in [3.05, 3.63) is 48.2 Å². The Labute approximate surface area is 94.6 Å². The largest absolute Gasteiger partial charge is 0.253 e. The molecule has 1 heterocycles. The van der Waals surface area contributed by atoms with E-state index in [4.69, 9.17) is 0 Å². The molecular formula is C13H13NS. The van der Waals surface area contributed by atoms with Gasteiger partial charge in [-0.05, 0) is 37.4 Å². The first kappa shape index (κ1) is 10.2. The highest BCUT2D eigenvalue weighted by atomic mass is 32.2. The van der Waals surface area contributed by atoms with Crippen LogP contribution in [0.4, 0.5) is 0 Å². The Morgan fingerprint density at radius 1 is 1.00 bits per heavy atom. The van der Waals surface area contributed by atoms with Gasteiger partial charge >= 0.3 is 0 Å². The first-order chi connectivity index (χ1) is 7.29. The van der Waals surface area contributed by atoms with E-state index in [-0.39, 0.29) is 0 Å². The van der Waals surface area contributed by atoms with Gasteiger partial charge in [-0.25, -0.2) is 0 Å². The molecule has 0 bridgehead atoms. The van der Waals surface area contributed by atoms with Crippen LogP contribution in [0.3, 0.4) is 0 Å². The Morgan fingerprint density at radius 2 is 1.73 bits per heavy atom. The second-order valence-corrected chi connectivity index (χ2v) is 4.27. The molecule has 1 aromatic carbocycles. The Balaban J connectivity index is 2.37. The van der Waals surface area contributed by atoms with E-state index < -0.39 is 0 Å². The second kappa shape index (κ2) is 4.49. The summed E-state index contributed by atoms with van der Waals surface area (Å²) < 4.78 is 0. The summed E-state index contributed by atoms with van der Waals surface area (Å²) in [6.45, 7) is 2.01. The lowest BCUT2D eigenvalue weighted by atomic mass is 10.1. The predicted octanol–water partition coefficient (Wildman–Crippen LogP) is 3.78. The van der Waals surface area contributed by atoms with Crippen LogP contribution in [-0.4, -0.2) is 11.2 Å². The van der Waals surface area contributed by atoms with Crippen LogP contribution >= 0.6 is 11.8 Å². The summed E-state index contributed by atoms with van der Waals surface area (Å²) >= 11 is 1.76. The van der Waals surface area contributed by atoms with Gasteiger partial charge in [0.25, 0.3) is 0 Å². The van der Waals surface area contributed by atoms with Gasteiger partial charge in [0.1, 0.15) is 0 Å². The molecule has 2 aromatic rings. The Bertz CT molecular complexity index is 448. The highest BCUT2D eigenvalue weighted by molar-refractivity contribution is 7.98. The molecular weight excluding hydrogens is 202 g/mol. The van der Waals surface area contributed by atoms with E-state index >= 15 is 0 Å². The fourth-order valence-electron chi connectivity index (χ4n) is 1.47. The van der Waals surface area contributed by atoms with Crippen molar-refractivity contribution in [2.24, 2.45) is 0 Å². The van der Waals surface area contributed by atoms with Gasteiger partial charge in [-0.3, -0.25) is 4.98 Å². The molecule has 1 nitrogen and oxygen atoms in total. The van der Waals surface area contributed by atoms with Crippen molar-refractivity contribution in [3.63, 3.8) is 0 Å². The number of aryl methyl sites for hydroxylation is 1. The molecule has 1 aromatic heterocycles. The maximum Gasteiger partial charge on any atom is 0.0705 e. The summed E-state index contributed by atoms with van der Waals surface area (Å²) in [6, 6.07) is 14.6. The van der Waals surface area contributed by atoms with Gasteiger partial charge in [0.05, 0.1) is 5.69 Å². The summed E-state index contributed by atoms with van der Waals surface area (Å²) in [5.74, 6) is 0. The molecule has 0 radical (unpaired) electrons. The lowest BCUT2D eigenvalue weighted by molar-refractivity contribution is 1.20. The van der Waals surface area contributed by atoms with Crippen molar-refractivity contribution in [1.29, 1.82) is 0 Å². The van der Waals surface area contributed by atoms with Crippen molar-refractivity contribution < 1.29 is 0 Å². The van der Waals surface area contributed by atoms with Gasteiger partial charge in [-0.2, -0.15) is 0 Å². The average molecular weight is 215 g/mol. The van der Waals surface area contributed by atoms with E-state index in [1.54, 1.807) is 11.8 Å². The zero-order valence-electron chi connectivity index (χ0n) is 8.90. The summed E-state index contributed by atoms with van der Waals surface area (Å²) in [7, 11) is 0. The van der Waals surface area contributed by atoms with Gasteiger partial charge < -0.3 is 0 Å². The highest BCUT2D eigenvalue weighted by Crippen LogP contribution is 2.21. The normalized spacial score (nSPS) is 10.3.